The summed E-state index contributed by atoms with van der Waals surface area (Å²) >= 11 is 5.46. The van der Waals surface area contributed by atoms with Gasteiger partial charge in [0.05, 0.1) is 10.6 Å². The van der Waals surface area contributed by atoms with Crippen LogP contribution in [-0.4, -0.2) is 16.9 Å². The molecule has 0 saturated heterocycles. The van der Waals surface area contributed by atoms with Crippen molar-refractivity contribution in [3.05, 3.63) is 69.2 Å². The highest BCUT2D eigenvalue weighted by Gasteiger charge is 2.54. The maximum Gasteiger partial charge on any atom is 0.417 e. The lowest BCUT2D eigenvalue weighted by Crippen LogP contribution is -2.48. The van der Waals surface area contributed by atoms with Crippen molar-refractivity contribution in [3.63, 3.8) is 0 Å². The number of hydrogen-bond acceptors (Lipinski definition) is 1. The van der Waals surface area contributed by atoms with Gasteiger partial charge in [0.1, 0.15) is 11.6 Å². The zero-order valence-corrected chi connectivity index (χ0v) is 17.2. The molecule has 172 valence electrons. The molecule has 0 aliphatic rings. The van der Waals surface area contributed by atoms with E-state index < -0.39 is 64.5 Å². The Kier molecular flexibility index (Phi) is 7.32. The van der Waals surface area contributed by atoms with Crippen molar-refractivity contribution >= 4 is 11.6 Å². The van der Waals surface area contributed by atoms with Crippen molar-refractivity contribution in [2.45, 2.75) is 57.0 Å². The zero-order valence-electron chi connectivity index (χ0n) is 16.4. The molecule has 2 aromatic carbocycles. The second-order valence-corrected chi connectivity index (χ2v) is 7.85. The van der Waals surface area contributed by atoms with Crippen LogP contribution < -0.4 is 0 Å². The fourth-order valence-electron chi connectivity index (χ4n) is 3.47. The summed E-state index contributed by atoms with van der Waals surface area (Å²) in [4.78, 5) is 0. The molecular formula is C21H19ClF8O. The van der Waals surface area contributed by atoms with Gasteiger partial charge in [-0.15, -0.1) is 0 Å². The minimum absolute atomic E-state index is 0.0640. The Morgan fingerprint density at radius 2 is 1.61 bits per heavy atom. The van der Waals surface area contributed by atoms with Gasteiger partial charge in [0.25, 0.3) is 0 Å². The van der Waals surface area contributed by atoms with Gasteiger partial charge in [-0.3, -0.25) is 0 Å². The topological polar surface area (TPSA) is 20.2 Å². The Hall–Kier alpha value is -1.87. The molecule has 0 heterocycles. The first-order valence-electron chi connectivity index (χ1n) is 9.19. The molecule has 0 fully saturated rings. The van der Waals surface area contributed by atoms with E-state index in [-0.39, 0.29) is 24.1 Å². The Bertz CT molecular complexity index is 938. The Morgan fingerprint density at radius 3 is 2.13 bits per heavy atom. The minimum atomic E-state index is -5.31. The van der Waals surface area contributed by atoms with E-state index in [0.717, 1.165) is 12.1 Å². The normalized spacial score (nSPS) is 15.6. The summed E-state index contributed by atoms with van der Waals surface area (Å²) in [5.41, 5.74) is -5.35. The Balaban J connectivity index is 2.53. The fraction of sp³-hybridized carbons (Fsp3) is 0.429. The first-order valence-corrected chi connectivity index (χ1v) is 9.57. The SMILES string of the molecule is CCC(CC(O)(Cc1cc(C(F)(F)F)cc(Cl)c1F)C(F)(F)F)c1cc(F)ccc1C. The van der Waals surface area contributed by atoms with Crippen molar-refractivity contribution < 1.29 is 40.2 Å². The molecule has 0 aromatic heterocycles. The van der Waals surface area contributed by atoms with E-state index in [9.17, 15) is 40.2 Å². The molecule has 31 heavy (non-hydrogen) atoms. The van der Waals surface area contributed by atoms with E-state index >= 15 is 0 Å². The Labute approximate surface area is 178 Å². The summed E-state index contributed by atoms with van der Waals surface area (Å²) < 4.78 is 109. The summed E-state index contributed by atoms with van der Waals surface area (Å²) in [6, 6.07) is 4.00. The van der Waals surface area contributed by atoms with Crippen LogP contribution in [0.3, 0.4) is 0 Å². The maximum atomic E-state index is 14.3. The van der Waals surface area contributed by atoms with Crippen LogP contribution in [0.4, 0.5) is 35.1 Å². The molecule has 2 atom stereocenters. The largest absolute Gasteiger partial charge is 0.417 e. The third kappa shape index (κ3) is 5.68. The summed E-state index contributed by atoms with van der Waals surface area (Å²) in [5.74, 6) is -3.16. The lowest BCUT2D eigenvalue weighted by molar-refractivity contribution is -0.264. The van der Waals surface area contributed by atoms with Crippen molar-refractivity contribution in [2.24, 2.45) is 0 Å². The molecule has 1 nitrogen and oxygen atoms in total. The van der Waals surface area contributed by atoms with Crippen LogP contribution in [0.25, 0.3) is 0 Å². The summed E-state index contributed by atoms with van der Waals surface area (Å²) in [5, 5.41) is 9.51. The lowest BCUT2D eigenvalue weighted by Gasteiger charge is -2.34. The molecule has 2 aromatic rings. The number of rotatable bonds is 6. The van der Waals surface area contributed by atoms with E-state index in [1.165, 1.54) is 13.0 Å². The molecule has 10 heteroatoms. The Morgan fingerprint density at radius 1 is 1.00 bits per heavy atom. The van der Waals surface area contributed by atoms with Gasteiger partial charge in [-0.25, -0.2) is 8.78 Å². The van der Waals surface area contributed by atoms with Gasteiger partial charge in [-0.05, 0) is 66.6 Å². The molecule has 0 bridgehead atoms. The molecule has 2 unspecified atom stereocenters. The average molecular weight is 475 g/mol. The molecule has 0 aliphatic heterocycles. The predicted octanol–water partition coefficient (Wildman–Crippen LogP) is 7.37. The first-order chi connectivity index (χ1) is 14.1. The van der Waals surface area contributed by atoms with Gasteiger partial charge < -0.3 is 5.11 Å². The van der Waals surface area contributed by atoms with Gasteiger partial charge in [-0.1, -0.05) is 24.6 Å². The van der Waals surface area contributed by atoms with E-state index in [1.54, 1.807) is 6.92 Å². The lowest BCUT2D eigenvalue weighted by atomic mass is 9.79. The average Bonchev–Trinajstić information content (AvgIpc) is 2.63. The summed E-state index contributed by atoms with van der Waals surface area (Å²) in [6.07, 6.45) is -12.7. The minimum Gasteiger partial charge on any atom is -0.380 e. The standard InChI is InChI=1S/C21H19ClF8O/c1-3-12(16-8-15(23)5-4-11(16)2)9-19(31,21(28,29)30)10-13-6-14(20(25,26)27)7-17(22)18(13)24/h4-8,12,31H,3,9-10H2,1-2H3. The van der Waals surface area contributed by atoms with Crippen LogP contribution in [0.1, 0.15) is 47.9 Å². The first kappa shape index (κ1) is 25.4. The number of benzene rings is 2. The van der Waals surface area contributed by atoms with Crippen LogP contribution in [-0.2, 0) is 12.6 Å². The van der Waals surface area contributed by atoms with Crippen molar-refractivity contribution in [1.82, 2.24) is 0 Å². The zero-order chi connectivity index (χ0) is 23.8. The van der Waals surface area contributed by atoms with Gasteiger partial charge in [0, 0.05) is 6.42 Å². The number of halogens is 9. The van der Waals surface area contributed by atoms with Crippen molar-refractivity contribution in [3.8, 4) is 0 Å². The smallest absolute Gasteiger partial charge is 0.380 e. The van der Waals surface area contributed by atoms with Crippen LogP contribution >= 0.6 is 11.6 Å². The molecule has 0 spiro atoms. The van der Waals surface area contributed by atoms with E-state index in [1.807, 2.05) is 0 Å². The number of alkyl halides is 6. The highest BCUT2D eigenvalue weighted by molar-refractivity contribution is 6.30. The molecule has 0 saturated carbocycles. The quantitative estimate of drug-likeness (QED) is 0.433. The van der Waals surface area contributed by atoms with Crippen LogP contribution in [0.5, 0.6) is 0 Å². The van der Waals surface area contributed by atoms with Crippen molar-refractivity contribution in [2.75, 3.05) is 0 Å². The van der Waals surface area contributed by atoms with Gasteiger partial charge in [-0.2, -0.15) is 26.3 Å². The predicted molar refractivity (Wildman–Crippen MR) is 99.9 cm³/mol. The molecule has 0 amide bonds. The van der Waals surface area contributed by atoms with Gasteiger partial charge in [0.2, 0.25) is 0 Å². The summed E-state index contributed by atoms with van der Waals surface area (Å²) in [6.45, 7) is 3.07. The van der Waals surface area contributed by atoms with Gasteiger partial charge >= 0.3 is 12.4 Å². The molecule has 0 aliphatic carbocycles. The van der Waals surface area contributed by atoms with E-state index in [0.29, 0.717) is 5.56 Å². The van der Waals surface area contributed by atoms with E-state index in [4.69, 9.17) is 11.6 Å². The fourth-order valence-corrected chi connectivity index (χ4v) is 3.71. The third-order valence-electron chi connectivity index (χ3n) is 5.20. The summed E-state index contributed by atoms with van der Waals surface area (Å²) in [7, 11) is 0. The second-order valence-electron chi connectivity index (χ2n) is 7.45. The van der Waals surface area contributed by atoms with Crippen LogP contribution in [0.2, 0.25) is 5.02 Å². The molecule has 2 rings (SSSR count). The van der Waals surface area contributed by atoms with Crippen LogP contribution in [0, 0.1) is 18.6 Å². The molecular weight excluding hydrogens is 456 g/mol. The van der Waals surface area contributed by atoms with Gasteiger partial charge in [0.15, 0.2) is 5.60 Å². The second kappa shape index (κ2) is 8.94. The highest BCUT2D eigenvalue weighted by Crippen LogP contribution is 2.43. The van der Waals surface area contributed by atoms with E-state index in [2.05, 4.69) is 0 Å². The number of hydrogen-bond donors (Lipinski definition) is 1. The highest BCUT2D eigenvalue weighted by atomic mass is 35.5. The number of aryl methyl sites for hydroxylation is 1. The monoisotopic (exact) mass is 474 g/mol. The molecule has 0 radical (unpaired) electrons. The van der Waals surface area contributed by atoms with Crippen LogP contribution in [0.15, 0.2) is 30.3 Å². The number of aliphatic hydroxyl groups is 1. The maximum absolute atomic E-state index is 14.3. The third-order valence-corrected chi connectivity index (χ3v) is 5.47. The molecule has 1 N–H and O–H groups in total. The van der Waals surface area contributed by atoms with Crippen molar-refractivity contribution in [1.29, 1.82) is 0 Å².